The van der Waals surface area contributed by atoms with Gasteiger partial charge in [0.1, 0.15) is 9.84 Å². The van der Waals surface area contributed by atoms with Gasteiger partial charge in [0.15, 0.2) is 0 Å². The lowest BCUT2D eigenvalue weighted by atomic mass is 10.0. The van der Waals surface area contributed by atoms with Crippen LogP contribution in [0.15, 0.2) is 42.5 Å². The maximum absolute atomic E-state index is 12.4. The Balaban J connectivity index is 1.60. The van der Waals surface area contributed by atoms with E-state index in [1.807, 2.05) is 23.1 Å². The first-order valence-corrected chi connectivity index (χ1v) is 10.3. The summed E-state index contributed by atoms with van der Waals surface area (Å²) < 4.78 is 23.2. The average molecular weight is 345 g/mol. The number of hydrogen-bond donors (Lipinski definition) is 0. The minimum Gasteiger partial charge on any atom is -0.343 e. The summed E-state index contributed by atoms with van der Waals surface area (Å²) in [7, 11) is -2.99. The highest BCUT2D eigenvalue weighted by molar-refractivity contribution is 7.91. The number of piperidine rings is 1. The number of carbonyl (C=O) groups is 1. The summed E-state index contributed by atoms with van der Waals surface area (Å²) in [4.78, 5) is 14.3. The number of sulfone groups is 1. The molecule has 1 fully saturated rings. The van der Waals surface area contributed by atoms with Crippen molar-refractivity contribution in [1.82, 2.24) is 4.90 Å². The van der Waals surface area contributed by atoms with Gasteiger partial charge in [-0.2, -0.15) is 0 Å². The molecule has 4 nitrogen and oxygen atoms in total. The zero-order valence-electron chi connectivity index (χ0n) is 13.9. The summed E-state index contributed by atoms with van der Waals surface area (Å²) in [5.41, 5.74) is 1.19. The van der Waals surface area contributed by atoms with Crippen molar-refractivity contribution in [3.05, 3.63) is 48.0 Å². The number of nitrogens with zero attached hydrogens (tertiary/aromatic N) is 1. The number of hydrogen-bond acceptors (Lipinski definition) is 3. The van der Waals surface area contributed by atoms with E-state index in [-0.39, 0.29) is 11.2 Å². The molecule has 0 atom stereocenters. The molecule has 5 heteroatoms. The maximum atomic E-state index is 12.4. The monoisotopic (exact) mass is 345 g/mol. The van der Waals surface area contributed by atoms with E-state index in [2.05, 4.69) is 24.3 Å². The van der Waals surface area contributed by atoms with Gasteiger partial charge in [-0.1, -0.05) is 42.5 Å². The predicted octanol–water partition coefficient (Wildman–Crippen LogP) is 2.81. The fraction of sp³-hybridized carbons (Fsp3) is 0.421. The molecule has 2 aromatic carbocycles. The largest absolute Gasteiger partial charge is 0.343 e. The molecule has 0 saturated carbocycles. The zero-order chi connectivity index (χ0) is 17.2. The molecule has 0 aliphatic carbocycles. The van der Waals surface area contributed by atoms with Crippen molar-refractivity contribution in [3.63, 3.8) is 0 Å². The molecule has 0 bridgehead atoms. The molecule has 1 heterocycles. The number of amides is 1. The number of likely N-dealkylation sites (tertiary alicyclic amines) is 1. The maximum Gasteiger partial charge on any atom is 0.222 e. The summed E-state index contributed by atoms with van der Waals surface area (Å²) in [5, 5.41) is 2.10. The van der Waals surface area contributed by atoms with E-state index in [0.29, 0.717) is 38.8 Å². The topological polar surface area (TPSA) is 54.5 Å². The van der Waals surface area contributed by atoms with Crippen LogP contribution in [0.3, 0.4) is 0 Å². The lowest BCUT2D eigenvalue weighted by Gasteiger charge is -2.31. The third-order valence-electron chi connectivity index (χ3n) is 4.89. The molecule has 0 spiro atoms. The van der Waals surface area contributed by atoms with E-state index < -0.39 is 9.84 Å². The Morgan fingerprint density at radius 2 is 1.75 bits per heavy atom. The first-order valence-electron chi connectivity index (χ1n) is 8.38. The van der Waals surface area contributed by atoms with Crippen LogP contribution in [-0.4, -0.2) is 43.8 Å². The molecule has 0 N–H and O–H groups in total. The van der Waals surface area contributed by atoms with Crippen molar-refractivity contribution in [2.75, 3.05) is 19.3 Å². The number of fused-ring (bicyclic) bond motifs is 1. The molecular formula is C19H23NO3S. The normalized spacial score (nSPS) is 16.5. The number of carbonyl (C=O) groups excluding carboxylic acids is 1. The van der Waals surface area contributed by atoms with Gasteiger partial charge in [0.25, 0.3) is 0 Å². The van der Waals surface area contributed by atoms with Crippen molar-refractivity contribution in [3.8, 4) is 0 Å². The Labute approximate surface area is 143 Å². The molecule has 1 aliphatic rings. The van der Waals surface area contributed by atoms with Crippen LogP contribution in [-0.2, 0) is 21.1 Å². The van der Waals surface area contributed by atoms with Crippen LogP contribution in [0.4, 0.5) is 0 Å². The molecule has 0 aromatic heterocycles. The molecule has 3 rings (SSSR count). The van der Waals surface area contributed by atoms with Crippen LogP contribution in [0.25, 0.3) is 10.8 Å². The van der Waals surface area contributed by atoms with Crippen molar-refractivity contribution in [2.45, 2.75) is 30.9 Å². The first kappa shape index (κ1) is 17.0. The third-order valence-corrected chi connectivity index (χ3v) is 6.57. The molecule has 128 valence electrons. The fourth-order valence-corrected chi connectivity index (χ4v) is 4.51. The Hall–Kier alpha value is -1.88. The minimum absolute atomic E-state index is 0.120. The van der Waals surface area contributed by atoms with Crippen molar-refractivity contribution in [1.29, 1.82) is 0 Å². The minimum atomic E-state index is -2.99. The highest BCUT2D eigenvalue weighted by atomic mass is 32.2. The second-order valence-corrected chi connectivity index (χ2v) is 8.87. The number of rotatable bonds is 4. The second kappa shape index (κ2) is 6.93. The van der Waals surface area contributed by atoms with Gasteiger partial charge in [0.2, 0.25) is 5.91 Å². The summed E-state index contributed by atoms with van der Waals surface area (Å²) >= 11 is 0. The Bertz CT molecular complexity index is 831. The zero-order valence-corrected chi connectivity index (χ0v) is 14.8. The van der Waals surface area contributed by atoms with Crippen LogP contribution in [0.2, 0.25) is 0 Å². The van der Waals surface area contributed by atoms with Gasteiger partial charge in [-0.25, -0.2) is 8.42 Å². The molecule has 24 heavy (non-hydrogen) atoms. The first-order chi connectivity index (χ1) is 11.4. The van der Waals surface area contributed by atoms with Gasteiger partial charge in [-0.05, 0) is 35.6 Å². The fourth-order valence-electron chi connectivity index (χ4n) is 3.44. The lowest BCUT2D eigenvalue weighted by Crippen LogP contribution is -2.42. The average Bonchev–Trinajstić information content (AvgIpc) is 2.59. The van der Waals surface area contributed by atoms with Gasteiger partial charge in [-0.3, -0.25) is 4.79 Å². The molecule has 0 radical (unpaired) electrons. The number of aryl methyl sites for hydroxylation is 1. The molecule has 1 amide bonds. The molecular weight excluding hydrogens is 322 g/mol. The summed E-state index contributed by atoms with van der Waals surface area (Å²) in [6.07, 6.45) is 3.58. The highest BCUT2D eigenvalue weighted by Gasteiger charge is 2.28. The smallest absolute Gasteiger partial charge is 0.222 e. The van der Waals surface area contributed by atoms with E-state index in [1.54, 1.807) is 0 Å². The van der Waals surface area contributed by atoms with Gasteiger partial charge in [0.05, 0.1) is 5.25 Å². The standard InChI is InChI=1S/C19H23NO3S/c1-24(22,23)17-11-13-20(14-12-17)19(21)10-9-16-7-4-6-15-5-2-3-8-18(15)16/h2-8,17H,9-14H2,1H3. The van der Waals surface area contributed by atoms with E-state index >= 15 is 0 Å². The van der Waals surface area contributed by atoms with E-state index in [1.165, 1.54) is 22.6 Å². The predicted molar refractivity (Wildman–Crippen MR) is 96.7 cm³/mol. The molecule has 1 saturated heterocycles. The molecule has 1 aliphatic heterocycles. The van der Waals surface area contributed by atoms with Crippen LogP contribution in [0, 0.1) is 0 Å². The van der Waals surface area contributed by atoms with E-state index in [4.69, 9.17) is 0 Å². The summed E-state index contributed by atoms with van der Waals surface area (Å²) in [5.74, 6) is 0.120. The van der Waals surface area contributed by atoms with Crippen LogP contribution >= 0.6 is 0 Å². The van der Waals surface area contributed by atoms with Crippen LogP contribution in [0.5, 0.6) is 0 Å². The molecule has 0 unspecified atom stereocenters. The van der Waals surface area contributed by atoms with Crippen molar-refractivity contribution < 1.29 is 13.2 Å². The van der Waals surface area contributed by atoms with Crippen molar-refractivity contribution in [2.24, 2.45) is 0 Å². The van der Waals surface area contributed by atoms with Gasteiger partial charge >= 0.3 is 0 Å². The SMILES string of the molecule is CS(=O)(=O)C1CCN(C(=O)CCc2cccc3ccccc23)CC1. The Morgan fingerprint density at radius 1 is 1.08 bits per heavy atom. The van der Waals surface area contributed by atoms with Crippen molar-refractivity contribution >= 4 is 26.5 Å². The summed E-state index contributed by atoms with van der Waals surface area (Å²) in [6.45, 7) is 1.10. The Kier molecular flexibility index (Phi) is 4.90. The summed E-state index contributed by atoms with van der Waals surface area (Å²) in [6, 6.07) is 14.4. The van der Waals surface area contributed by atoms with E-state index in [9.17, 15) is 13.2 Å². The van der Waals surface area contributed by atoms with Crippen LogP contribution in [0.1, 0.15) is 24.8 Å². The van der Waals surface area contributed by atoms with Crippen LogP contribution < -0.4 is 0 Å². The molecule has 2 aromatic rings. The highest BCUT2D eigenvalue weighted by Crippen LogP contribution is 2.21. The quantitative estimate of drug-likeness (QED) is 0.856. The second-order valence-electron chi connectivity index (χ2n) is 6.55. The van der Waals surface area contributed by atoms with Gasteiger partial charge in [-0.15, -0.1) is 0 Å². The Morgan fingerprint density at radius 3 is 2.46 bits per heavy atom. The number of benzene rings is 2. The lowest BCUT2D eigenvalue weighted by molar-refractivity contribution is -0.132. The third kappa shape index (κ3) is 3.78. The van der Waals surface area contributed by atoms with Gasteiger partial charge in [0, 0.05) is 25.8 Å². The van der Waals surface area contributed by atoms with Gasteiger partial charge < -0.3 is 4.90 Å². The van der Waals surface area contributed by atoms with E-state index in [0.717, 1.165) is 0 Å².